The molecule has 0 bridgehead atoms. The van der Waals surface area contributed by atoms with Crippen molar-refractivity contribution in [2.75, 3.05) is 11.9 Å². The largest absolute Gasteiger partial charge is 0.492 e. The first kappa shape index (κ1) is 26.3. The van der Waals surface area contributed by atoms with Gasteiger partial charge in [-0.25, -0.2) is 9.59 Å². The number of carbonyl (C=O) groups excluding carboxylic acids is 3. The third-order valence-corrected chi connectivity index (χ3v) is 5.18. The molecular formula is C28H30N2O6. The summed E-state index contributed by atoms with van der Waals surface area (Å²) in [4.78, 5) is 38.2. The van der Waals surface area contributed by atoms with E-state index < -0.39 is 30.1 Å². The summed E-state index contributed by atoms with van der Waals surface area (Å²) in [5.41, 5.74) is 2.09. The molecule has 36 heavy (non-hydrogen) atoms. The van der Waals surface area contributed by atoms with Crippen LogP contribution >= 0.6 is 0 Å². The van der Waals surface area contributed by atoms with E-state index in [1.807, 2.05) is 67.6 Å². The molecule has 0 fully saturated rings. The Labute approximate surface area is 210 Å². The van der Waals surface area contributed by atoms with Gasteiger partial charge in [0.05, 0.1) is 12.3 Å². The molecule has 8 heteroatoms. The van der Waals surface area contributed by atoms with Crippen LogP contribution in [0.1, 0.15) is 25.0 Å². The summed E-state index contributed by atoms with van der Waals surface area (Å²) in [6.07, 6.45) is -1.71. The van der Waals surface area contributed by atoms with Gasteiger partial charge in [-0.1, -0.05) is 72.8 Å². The average molecular weight is 491 g/mol. The molecule has 0 saturated carbocycles. The molecule has 0 aliphatic rings. The number of carbonyl (C=O) groups is 3. The number of hydrogen-bond acceptors (Lipinski definition) is 6. The fourth-order valence-electron chi connectivity index (χ4n) is 3.35. The number of ether oxygens (including phenoxy) is 3. The molecule has 3 aromatic carbocycles. The van der Waals surface area contributed by atoms with Crippen molar-refractivity contribution in [2.24, 2.45) is 0 Å². The predicted octanol–water partition coefficient (Wildman–Crippen LogP) is 4.49. The predicted molar refractivity (Wildman–Crippen MR) is 135 cm³/mol. The molecule has 3 rings (SSSR count). The van der Waals surface area contributed by atoms with Crippen LogP contribution in [0.15, 0.2) is 84.9 Å². The second kappa shape index (κ2) is 13.5. The highest BCUT2D eigenvalue weighted by Crippen LogP contribution is 2.24. The van der Waals surface area contributed by atoms with Crippen LogP contribution < -0.4 is 15.4 Å². The SMILES string of the molecule is CCOc1ccccc1NC(=O)C(C)OC(=O)[C@H](Cc1ccccc1)NC(=O)OCc1ccccc1. The summed E-state index contributed by atoms with van der Waals surface area (Å²) >= 11 is 0. The molecule has 2 atom stereocenters. The van der Waals surface area contributed by atoms with Crippen LogP contribution in [-0.2, 0) is 32.1 Å². The quantitative estimate of drug-likeness (QED) is 0.384. The summed E-state index contributed by atoms with van der Waals surface area (Å²) < 4.78 is 16.2. The van der Waals surface area contributed by atoms with Crippen molar-refractivity contribution in [2.45, 2.75) is 39.0 Å². The first-order valence-electron chi connectivity index (χ1n) is 11.7. The monoisotopic (exact) mass is 490 g/mol. The van der Waals surface area contributed by atoms with E-state index in [1.165, 1.54) is 6.92 Å². The van der Waals surface area contributed by atoms with Gasteiger partial charge in [0.25, 0.3) is 5.91 Å². The lowest BCUT2D eigenvalue weighted by Gasteiger charge is -2.21. The number of nitrogens with one attached hydrogen (secondary N) is 2. The maximum Gasteiger partial charge on any atom is 0.408 e. The van der Waals surface area contributed by atoms with E-state index in [9.17, 15) is 14.4 Å². The van der Waals surface area contributed by atoms with Gasteiger partial charge in [-0.15, -0.1) is 0 Å². The Bertz CT molecular complexity index is 1140. The number of alkyl carbamates (subject to hydrolysis) is 1. The first-order valence-corrected chi connectivity index (χ1v) is 11.7. The van der Waals surface area contributed by atoms with Gasteiger partial charge in [-0.3, -0.25) is 4.79 Å². The van der Waals surface area contributed by atoms with Crippen LogP contribution in [0.25, 0.3) is 0 Å². The zero-order valence-corrected chi connectivity index (χ0v) is 20.3. The van der Waals surface area contributed by atoms with Gasteiger partial charge < -0.3 is 24.8 Å². The Kier molecular flexibility index (Phi) is 9.88. The van der Waals surface area contributed by atoms with Crippen molar-refractivity contribution in [3.8, 4) is 5.75 Å². The van der Waals surface area contributed by atoms with Crippen molar-refractivity contribution in [3.63, 3.8) is 0 Å². The smallest absolute Gasteiger partial charge is 0.408 e. The second-order valence-electron chi connectivity index (χ2n) is 7.95. The molecule has 0 aliphatic carbocycles. The molecule has 3 aromatic rings. The van der Waals surface area contributed by atoms with Crippen LogP contribution in [0.4, 0.5) is 10.5 Å². The summed E-state index contributed by atoms with van der Waals surface area (Å²) in [7, 11) is 0. The lowest BCUT2D eigenvalue weighted by Crippen LogP contribution is -2.45. The highest BCUT2D eigenvalue weighted by atomic mass is 16.6. The molecule has 2 N–H and O–H groups in total. The Morgan fingerprint density at radius 3 is 2.11 bits per heavy atom. The van der Waals surface area contributed by atoms with Gasteiger partial charge in [0.15, 0.2) is 6.10 Å². The lowest BCUT2D eigenvalue weighted by molar-refractivity contribution is -0.155. The Morgan fingerprint density at radius 2 is 1.44 bits per heavy atom. The second-order valence-corrected chi connectivity index (χ2v) is 7.95. The number of amides is 2. The molecule has 1 unspecified atom stereocenters. The fourth-order valence-corrected chi connectivity index (χ4v) is 3.35. The third kappa shape index (κ3) is 8.16. The minimum atomic E-state index is -1.12. The topological polar surface area (TPSA) is 103 Å². The number of esters is 1. The Hall–Kier alpha value is -4.33. The summed E-state index contributed by atoms with van der Waals surface area (Å²) in [6, 6.07) is 24.3. The number of rotatable bonds is 11. The fraction of sp³-hybridized carbons (Fsp3) is 0.250. The highest BCUT2D eigenvalue weighted by Gasteiger charge is 2.27. The van der Waals surface area contributed by atoms with Crippen LogP contribution in [0.2, 0.25) is 0 Å². The van der Waals surface area contributed by atoms with Gasteiger partial charge in [0, 0.05) is 6.42 Å². The lowest BCUT2D eigenvalue weighted by atomic mass is 10.1. The van der Waals surface area contributed by atoms with Crippen molar-refractivity contribution < 1.29 is 28.6 Å². The van der Waals surface area contributed by atoms with E-state index in [0.29, 0.717) is 18.0 Å². The molecule has 0 saturated heterocycles. The zero-order chi connectivity index (χ0) is 25.8. The van der Waals surface area contributed by atoms with Crippen LogP contribution in [0, 0.1) is 0 Å². The third-order valence-electron chi connectivity index (χ3n) is 5.18. The van der Waals surface area contributed by atoms with E-state index in [4.69, 9.17) is 14.2 Å². The number of para-hydroxylation sites is 2. The molecule has 0 heterocycles. The van der Waals surface area contributed by atoms with Gasteiger partial charge in [-0.05, 0) is 37.1 Å². The molecule has 0 spiro atoms. The van der Waals surface area contributed by atoms with Crippen molar-refractivity contribution in [3.05, 3.63) is 96.1 Å². The van der Waals surface area contributed by atoms with Gasteiger partial charge in [0.2, 0.25) is 0 Å². The molecule has 0 aliphatic heterocycles. The number of hydrogen-bond donors (Lipinski definition) is 2. The molecular weight excluding hydrogens is 460 g/mol. The van der Waals surface area contributed by atoms with E-state index in [2.05, 4.69) is 10.6 Å². The number of benzene rings is 3. The Balaban J connectivity index is 1.63. The van der Waals surface area contributed by atoms with Gasteiger partial charge >= 0.3 is 12.1 Å². The maximum absolute atomic E-state index is 13.0. The van der Waals surface area contributed by atoms with Crippen molar-refractivity contribution in [1.29, 1.82) is 0 Å². The number of anilines is 1. The standard InChI is InChI=1S/C28H30N2O6/c1-3-34-25-17-11-10-16-23(25)29-26(31)20(2)36-27(32)24(18-21-12-6-4-7-13-21)30-28(33)35-19-22-14-8-5-9-15-22/h4-17,20,24H,3,18-19H2,1-2H3,(H,29,31)(H,30,33)/t20?,24-/m0/s1. The minimum Gasteiger partial charge on any atom is -0.492 e. The van der Waals surface area contributed by atoms with Crippen molar-refractivity contribution >= 4 is 23.7 Å². The molecule has 0 aromatic heterocycles. The van der Waals surface area contributed by atoms with E-state index in [1.54, 1.807) is 24.3 Å². The summed E-state index contributed by atoms with van der Waals surface area (Å²) in [6.45, 7) is 3.79. The maximum atomic E-state index is 13.0. The normalized spacial score (nSPS) is 12.1. The van der Waals surface area contributed by atoms with Crippen molar-refractivity contribution in [1.82, 2.24) is 5.32 Å². The summed E-state index contributed by atoms with van der Waals surface area (Å²) in [5.74, 6) is -0.770. The summed E-state index contributed by atoms with van der Waals surface area (Å²) in [5, 5.41) is 5.28. The first-order chi connectivity index (χ1) is 17.5. The average Bonchev–Trinajstić information content (AvgIpc) is 2.89. The molecule has 8 nitrogen and oxygen atoms in total. The van der Waals surface area contributed by atoms with Crippen LogP contribution in [0.3, 0.4) is 0 Å². The highest BCUT2D eigenvalue weighted by molar-refractivity contribution is 5.96. The molecule has 2 amide bonds. The van der Waals surface area contributed by atoms with E-state index in [0.717, 1.165) is 11.1 Å². The Morgan fingerprint density at radius 1 is 0.833 bits per heavy atom. The molecule has 188 valence electrons. The van der Waals surface area contributed by atoms with Gasteiger partial charge in [0.1, 0.15) is 18.4 Å². The van der Waals surface area contributed by atoms with E-state index >= 15 is 0 Å². The van der Waals surface area contributed by atoms with Crippen LogP contribution in [-0.4, -0.2) is 36.7 Å². The zero-order valence-electron chi connectivity index (χ0n) is 20.3. The minimum absolute atomic E-state index is 0.0534. The molecule has 0 radical (unpaired) electrons. The van der Waals surface area contributed by atoms with Gasteiger partial charge in [-0.2, -0.15) is 0 Å². The van der Waals surface area contributed by atoms with E-state index in [-0.39, 0.29) is 13.0 Å². The van der Waals surface area contributed by atoms with Crippen LogP contribution in [0.5, 0.6) is 5.75 Å².